The Bertz CT molecular complexity index is 1210. The Hall–Kier alpha value is -1.67. The SMILES string of the molecule is O=S(=O)(O)C(c1cccc(Cl)c1)(c1cc(Cl)ccc1Cl)c1cc(Cl)cc(O)c1O. The monoisotopic (exact) mass is 492 g/mol. The molecule has 5 nitrogen and oxygen atoms in total. The minimum Gasteiger partial charge on any atom is -0.504 e. The molecule has 0 aliphatic rings. The van der Waals surface area contributed by atoms with Crippen LogP contribution >= 0.6 is 46.4 Å². The second kappa shape index (κ2) is 7.87. The molecule has 1 unspecified atom stereocenters. The second-order valence-electron chi connectivity index (χ2n) is 6.11. The fourth-order valence-corrected chi connectivity index (χ4v) is 5.41. The molecule has 10 heteroatoms. The van der Waals surface area contributed by atoms with Crippen LogP contribution in [0.1, 0.15) is 16.7 Å². The molecular weight excluding hydrogens is 482 g/mol. The summed E-state index contributed by atoms with van der Waals surface area (Å²) >= 11 is 24.5. The first-order valence-corrected chi connectivity index (χ1v) is 10.8. The molecular formula is C19H12Cl4O5S. The van der Waals surface area contributed by atoms with Crippen molar-refractivity contribution < 1.29 is 23.2 Å². The number of aromatic hydroxyl groups is 2. The molecule has 0 amide bonds. The Labute approximate surface area is 186 Å². The van der Waals surface area contributed by atoms with Crippen LogP contribution in [0.4, 0.5) is 0 Å². The van der Waals surface area contributed by atoms with Crippen molar-refractivity contribution in [2.45, 2.75) is 4.75 Å². The number of rotatable bonds is 4. The Kier molecular flexibility index (Phi) is 5.98. The van der Waals surface area contributed by atoms with E-state index in [9.17, 15) is 23.2 Å². The third-order valence-corrected chi connectivity index (χ3v) is 6.83. The predicted molar refractivity (Wildman–Crippen MR) is 114 cm³/mol. The highest BCUT2D eigenvalue weighted by atomic mass is 35.5. The Balaban J connectivity index is 2.65. The molecule has 152 valence electrons. The van der Waals surface area contributed by atoms with E-state index >= 15 is 0 Å². The zero-order valence-corrected chi connectivity index (χ0v) is 18.1. The van der Waals surface area contributed by atoms with Crippen molar-refractivity contribution in [1.82, 2.24) is 0 Å². The summed E-state index contributed by atoms with van der Waals surface area (Å²) in [4.78, 5) is 0. The topological polar surface area (TPSA) is 94.8 Å². The van der Waals surface area contributed by atoms with Crippen LogP contribution < -0.4 is 0 Å². The molecule has 0 saturated heterocycles. The molecule has 3 rings (SSSR count). The zero-order chi connectivity index (χ0) is 21.6. The number of hydrogen-bond acceptors (Lipinski definition) is 4. The van der Waals surface area contributed by atoms with Gasteiger partial charge in [-0.15, -0.1) is 0 Å². The number of phenols is 2. The average molecular weight is 494 g/mol. The minimum atomic E-state index is -5.13. The predicted octanol–water partition coefficient (Wildman–Crippen LogP) is 5.89. The van der Waals surface area contributed by atoms with Gasteiger partial charge < -0.3 is 10.2 Å². The Morgan fingerprint density at radius 3 is 2.00 bits per heavy atom. The van der Waals surface area contributed by atoms with Gasteiger partial charge in [0.15, 0.2) is 16.2 Å². The van der Waals surface area contributed by atoms with Gasteiger partial charge in [-0.05, 0) is 42.0 Å². The van der Waals surface area contributed by atoms with Gasteiger partial charge in [0.1, 0.15) is 0 Å². The number of phenolic OH excluding ortho intramolecular Hbond substituents is 2. The normalized spacial score (nSPS) is 13.8. The largest absolute Gasteiger partial charge is 0.504 e. The van der Waals surface area contributed by atoms with Crippen LogP contribution in [-0.2, 0) is 14.9 Å². The summed E-state index contributed by atoms with van der Waals surface area (Å²) in [5.41, 5.74) is -0.668. The molecule has 0 aromatic heterocycles. The van der Waals surface area contributed by atoms with E-state index in [2.05, 4.69) is 0 Å². The smallest absolute Gasteiger partial charge is 0.283 e. The molecule has 0 aliphatic heterocycles. The van der Waals surface area contributed by atoms with Crippen LogP contribution in [0.25, 0.3) is 0 Å². The molecule has 0 bridgehead atoms. The average Bonchev–Trinajstić information content (AvgIpc) is 2.61. The third kappa shape index (κ3) is 3.77. The van der Waals surface area contributed by atoms with E-state index in [0.29, 0.717) is 0 Å². The molecule has 0 saturated carbocycles. The van der Waals surface area contributed by atoms with Gasteiger partial charge in [-0.1, -0.05) is 58.5 Å². The summed E-state index contributed by atoms with van der Waals surface area (Å²) in [5.74, 6) is -1.51. The number of benzene rings is 3. The quantitative estimate of drug-likeness (QED) is 0.239. The Morgan fingerprint density at radius 2 is 1.38 bits per heavy atom. The van der Waals surface area contributed by atoms with Gasteiger partial charge in [0.2, 0.25) is 0 Å². The van der Waals surface area contributed by atoms with E-state index in [0.717, 1.165) is 12.1 Å². The van der Waals surface area contributed by atoms with Gasteiger partial charge in [0.25, 0.3) is 10.1 Å². The van der Waals surface area contributed by atoms with Crippen LogP contribution in [0.15, 0.2) is 54.6 Å². The third-order valence-electron chi connectivity index (χ3n) is 4.36. The fourth-order valence-electron chi connectivity index (χ4n) is 3.21. The fraction of sp³-hybridized carbons (Fsp3) is 0.0526. The van der Waals surface area contributed by atoms with Crippen LogP contribution in [-0.4, -0.2) is 23.2 Å². The highest BCUT2D eigenvalue weighted by Crippen LogP contribution is 2.52. The van der Waals surface area contributed by atoms with Crippen LogP contribution in [0.2, 0.25) is 20.1 Å². The standard InChI is InChI=1S/C19H12Cl4O5S/c20-11-3-1-2-10(6-11)19(29(26,27)28,14-7-12(21)4-5-16(14)23)15-8-13(22)9-17(24)18(15)25/h1-9,24-25H,(H,26,27,28). The van der Waals surface area contributed by atoms with Crippen molar-refractivity contribution in [1.29, 1.82) is 0 Å². The highest BCUT2D eigenvalue weighted by Gasteiger charge is 2.52. The van der Waals surface area contributed by atoms with Gasteiger partial charge in [0, 0.05) is 37.3 Å². The molecule has 29 heavy (non-hydrogen) atoms. The minimum absolute atomic E-state index is 0.0615. The molecule has 0 aliphatic carbocycles. The van der Waals surface area contributed by atoms with Gasteiger partial charge in [-0.3, -0.25) is 4.55 Å². The zero-order valence-electron chi connectivity index (χ0n) is 14.3. The Morgan fingerprint density at radius 1 is 0.759 bits per heavy atom. The first-order valence-electron chi connectivity index (χ1n) is 7.89. The van der Waals surface area contributed by atoms with Crippen LogP contribution in [0.3, 0.4) is 0 Å². The maximum Gasteiger partial charge on any atom is 0.283 e. The van der Waals surface area contributed by atoms with Crippen molar-refractivity contribution in [3.05, 3.63) is 91.4 Å². The van der Waals surface area contributed by atoms with E-state index in [4.69, 9.17) is 46.4 Å². The van der Waals surface area contributed by atoms with Gasteiger partial charge >= 0.3 is 0 Å². The maximum atomic E-state index is 13.0. The van der Waals surface area contributed by atoms with Crippen molar-refractivity contribution in [2.24, 2.45) is 0 Å². The number of hydrogen-bond donors (Lipinski definition) is 3. The van der Waals surface area contributed by atoms with Crippen molar-refractivity contribution in [3.8, 4) is 11.5 Å². The molecule has 0 fully saturated rings. The summed E-state index contributed by atoms with van der Waals surface area (Å²) in [5, 5.41) is 20.8. The molecule has 0 heterocycles. The molecule has 0 spiro atoms. The molecule has 1 atom stereocenters. The van der Waals surface area contributed by atoms with Crippen LogP contribution in [0, 0.1) is 0 Å². The van der Waals surface area contributed by atoms with Gasteiger partial charge in [-0.25, -0.2) is 0 Å². The number of halogens is 4. The molecule has 3 aromatic rings. The van der Waals surface area contributed by atoms with Crippen LogP contribution in [0.5, 0.6) is 11.5 Å². The molecule has 0 radical (unpaired) electrons. The van der Waals surface area contributed by atoms with E-state index in [1.165, 1.54) is 42.5 Å². The van der Waals surface area contributed by atoms with Crippen molar-refractivity contribution in [3.63, 3.8) is 0 Å². The first kappa shape index (κ1) is 22.0. The first-order chi connectivity index (χ1) is 13.5. The van der Waals surface area contributed by atoms with Gasteiger partial charge in [-0.2, -0.15) is 8.42 Å². The summed E-state index contributed by atoms with van der Waals surface area (Å²) in [7, 11) is -5.13. The molecule has 3 N–H and O–H groups in total. The molecule has 3 aromatic carbocycles. The lowest BCUT2D eigenvalue weighted by atomic mass is 9.83. The second-order valence-corrected chi connectivity index (χ2v) is 9.39. The van der Waals surface area contributed by atoms with Crippen molar-refractivity contribution >= 4 is 56.5 Å². The van der Waals surface area contributed by atoms with E-state index in [1.807, 2.05) is 0 Å². The lowest BCUT2D eigenvalue weighted by molar-refractivity contribution is 0.394. The summed E-state index contributed by atoms with van der Waals surface area (Å²) in [6, 6.07) is 11.7. The summed E-state index contributed by atoms with van der Waals surface area (Å²) < 4.78 is 33.9. The highest BCUT2D eigenvalue weighted by molar-refractivity contribution is 7.87. The lowest BCUT2D eigenvalue weighted by Gasteiger charge is -2.34. The maximum absolute atomic E-state index is 13.0. The van der Waals surface area contributed by atoms with E-state index in [1.54, 1.807) is 0 Å². The van der Waals surface area contributed by atoms with Gasteiger partial charge in [0.05, 0.1) is 0 Å². The van der Waals surface area contributed by atoms with E-state index < -0.39 is 31.9 Å². The summed E-state index contributed by atoms with van der Waals surface area (Å²) in [6.45, 7) is 0. The summed E-state index contributed by atoms with van der Waals surface area (Å²) in [6.07, 6.45) is 0. The lowest BCUT2D eigenvalue weighted by Crippen LogP contribution is -2.38. The van der Waals surface area contributed by atoms with E-state index in [-0.39, 0.29) is 31.2 Å². The van der Waals surface area contributed by atoms with Crippen molar-refractivity contribution in [2.75, 3.05) is 0 Å².